The minimum absolute atomic E-state index is 0.00155. The zero-order chi connectivity index (χ0) is 13.0. The predicted octanol–water partition coefficient (Wildman–Crippen LogP) is 1.71. The summed E-state index contributed by atoms with van der Waals surface area (Å²) in [6.07, 6.45) is 0. The molecule has 0 radical (unpaired) electrons. The molecule has 6 heteroatoms. The van der Waals surface area contributed by atoms with E-state index in [1.165, 1.54) is 11.0 Å². The van der Waals surface area contributed by atoms with E-state index in [9.17, 15) is 13.6 Å². The molecule has 2 N–H and O–H groups in total. The zero-order valence-electron chi connectivity index (χ0n) is 9.24. The molecule has 0 fully saturated rings. The number of amides is 1. The molecule has 0 bridgehead atoms. The van der Waals surface area contributed by atoms with E-state index in [1.807, 2.05) is 0 Å². The number of nitrogens with two attached hydrogens (primary N) is 1. The summed E-state index contributed by atoms with van der Waals surface area (Å²) in [7, 11) is 0. The van der Waals surface area contributed by atoms with Crippen LogP contribution in [-0.2, 0) is 0 Å². The van der Waals surface area contributed by atoms with Gasteiger partial charge in [0.25, 0.3) is 5.91 Å². The number of carbonyl (C=O) groups is 1. The number of thiocarbonyl (C=S) groups is 1. The van der Waals surface area contributed by atoms with Crippen molar-refractivity contribution in [1.82, 2.24) is 4.90 Å². The van der Waals surface area contributed by atoms with Crippen LogP contribution in [0, 0.1) is 11.6 Å². The highest BCUT2D eigenvalue weighted by atomic mass is 32.1. The molecule has 0 aliphatic heterocycles. The van der Waals surface area contributed by atoms with Gasteiger partial charge in [-0.3, -0.25) is 4.79 Å². The first-order valence-corrected chi connectivity index (χ1v) is 5.39. The molecule has 1 aromatic rings. The minimum atomic E-state index is -0.892. The fourth-order valence-electron chi connectivity index (χ4n) is 1.38. The second-order valence-electron chi connectivity index (χ2n) is 3.38. The highest BCUT2D eigenvalue weighted by Gasteiger charge is 2.22. The van der Waals surface area contributed by atoms with Crippen LogP contribution in [0.15, 0.2) is 18.2 Å². The lowest BCUT2D eigenvalue weighted by atomic mass is 10.1. The van der Waals surface area contributed by atoms with Gasteiger partial charge >= 0.3 is 0 Å². The normalized spacial score (nSPS) is 10.1. The standard InChI is InChI=1S/C11H12F2N2OS/c1-2-15(6-9(14)17)11(16)10-7(12)4-3-5-8(10)13/h3-5H,2,6H2,1H3,(H2,14,17). The Bertz CT molecular complexity index is 431. The summed E-state index contributed by atoms with van der Waals surface area (Å²) in [6, 6.07) is 3.27. The lowest BCUT2D eigenvalue weighted by Gasteiger charge is -2.20. The molecule has 0 saturated heterocycles. The van der Waals surface area contributed by atoms with Gasteiger partial charge in [-0.2, -0.15) is 0 Å². The first-order valence-electron chi connectivity index (χ1n) is 4.99. The number of rotatable bonds is 4. The summed E-state index contributed by atoms with van der Waals surface area (Å²) in [5, 5.41) is 0. The van der Waals surface area contributed by atoms with Gasteiger partial charge < -0.3 is 10.6 Å². The molecule has 0 spiro atoms. The van der Waals surface area contributed by atoms with Crippen LogP contribution in [0.2, 0.25) is 0 Å². The Morgan fingerprint density at radius 3 is 2.35 bits per heavy atom. The second-order valence-corrected chi connectivity index (χ2v) is 3.91. The Kier molecular flexibility index (Phi) is 4.51. The van der Waals surface area contributed by atoms with Crippen LogP contribution in [0.25, 0.3) is 0 Å². The van der Waals surface area contributed by atoms with Gasteiger partial charge in [0, 0.05) is 6.54 Å². The van der Waals surface area contributed by atoms with Crippen molar-refractivity contribution in [1.29, 1.82) is 0 Å². The van der Waals surface area contributed by atoms with Crippen molar-refractivity contribution in [2.24, 2.45) is 5.73 Å². The van der Waals surface area contributed by atoms with Gasteiger partial charge in [-0.25, -0.2) is 8.78 Å². The Labute approximate surface area is 103 Å². The molecule has 0 aliphatic rings. The van der Waals surface area contributed by atoms with Crippen molar-refractivity contribution in [3.05, 3.63) is 35.4 Å². The Morgan fingerprint density at radius 2 is 1.94 bits per heavy atom. The molecule has 17 heavy (non-hydrogen) atoms. The largest absolute Gasteiger partial charge is 0.392 e. The van der Waals surface area contributed by atoms with Gasteiger partial charge in [0.2, 0.25) is 0 Å². The summed E-state index contributed by atoms with van der Waals surface area (Å²) in [5.74, 6) is -2.54. The van der Waals surface area contributed by atoms with Crippen molar-refractivity contribution in [3.63, 3.8) is 0 Å². The molecule has 1 aromatic carbocycles. The fourth-order valence-corrected chi connectivity index (χ4v) is 1.53. The van der Waals surface area contributed by atoms with E-state index < -0.39 is 23.1 Å². The molecular weight excluding hydrogens is 246 g/mol. The van der Waals surface area contributed by atoms with E-state index in [4.69, 9.17) is 5.73 Å². The molecule has 0 atom stereocenters. The Balaban J connectivity index is 3.06. The SMILES string of the molecule is CCN(CC(N)=S)C(=O)c1c(F)cccc1F. The van der Waals surface area contributed by atoms with Gasteiger partial charge in [0.1, 0.15) is 17.2 Å². The number of halogens is 2. The highest BCUT2D eigenvalue weighted by molar-refractivity contribution is 7.80. The summed E-state index contributed by atoms with van der Waals surface area (Å²) >= 11 is 4.67. The fraction of sp³-hybridized carbons (Fsp3) is 0.273. The van der Waals surface area contributed by atoms with Gasteiger partial charge in [-0.05, 0) is 19.1 Å². The smallest absolute Gasteiger partial charge is 0.260 e. The van der Waals surface area contributed by atoms with E-state index in [-0.39, 0.29) is 18.1 Å². The maximum Gasteiger partial charge on any atom is 0.260 e. The van der Waals surface area contributed by atoms with Crippen molar-refractivity contribution in [3.8, 4) is 0 Å². The lowest BCUT2D eigenvalue weighted by molar-refractivity contribution is 0.0778. The molecule has 0 aromatic heterocycles. The van der Waals surface area contributed by atoms with E-state index in [1.54, 1.807) is 6.92 Å². The maximum absolute atomic E-state index is 13.4. The van der Waals surface area contributed by atoms with Crippen LogP contribution in [-0.4, -0.2) is 28.9 Å². The van der Waals surface area contributed by atoms with Crippen LogP contribution in [0.1, 0.15) is 17.3 Å². The quantitative estimate of drug-likeness (QED) is 0.836. The summed E-state index contributed by atoms with van der Waals surface area (Å²) in [4.78, 5) is 13.2. The van der Waals surface area contributed by atoms with Gasteiger partial charge in [0.05, 0.1) is 11.5 Å². The lowest BCUT2D eigenvalue weighted by Crippen LogP contribution is -2.38. The molecule has 3 nitrogen and oxygen atoms in total. The van der Waals surface area contributed by atoms with Crippen LogP contribution in [0.5, 0.6) is 0 Å². The van der Waals surface area contributed by atoms with E-state index in [0.29, 0.717) is 0 Å². The van der Waals surface area contributed by atoms with Gasteiger partial charge in [-0.1, -0.05) is 18.3 Å². The minimum Gasteiger partial charge on any atom is -0.392 e. The van der Waals surface area contributed by atoms with Gasteiger partial charge in [0.15, 0.2) is 0 Å². The molecule has 1 rings (SSSR count). The number of hydrogen-bond acceptors (Lipinski definition) is 2. The molecule has 92 valence electrons. The third-order valence-electron chi connectivity index (χ3n) is 2.19. The first kappa shape index (κ1) is 13.5. The molecule has 0 aliphatic carbocycles. The van der Waals surface area contributed by atoms with Crippen LogP contribution < -0.4 is 5.73 Å². The average molecular weight is 258 g/mol. The third kappa shape index (κ3) is 3.20. The number of nitrogens with zero attached hydrogens (tertiary/aromatic N) is 1. The molecule has 0 unspecified atom stereocenters. The molecule has 0 saturated carbocycles. The molecule has 1 amide bonds. The summed E-state index contributed by atoms with van der Waals surface area (Å²) in [5.41, 5.74) is 4.73. The summed E-state index contributed by atoms with van der Waals surface area (Å²) < 4.78 is 26.8. The number of likely N-dealkylation sites (N-methyl/N-ethyl adjacent to an activating group) is 1. The van der Waals surface area contributed by atoms with E-state index in [2.05, 4.69) is 12.2 Å². The Hall–Kier alpha value is -1.56. The zero-order valence-corrected chi connectivity index (χ0v) is 10.1. The maximum atomic E-state index is 13.4. The number of carbonyl (C=O) groups excluding carboxylic acids is 1. The van der Waals surface area contributed by atoms with Crippen molar-refractivity contribution >= 4 is 23.1 Å². The average Bonchev–Trinajstić information content (AvgIpc) is 2.25. The number of hydrogen-bond donors (Lipinski definition) is 1. The first-order chi connectivity index (χ1) is 7.97. The Morgan fingerprint density at radius 1 is 1.41 bits per heavy atom. The molecular formula is C11H12F2N2OS. The van der Waals surface area contributed by atoms with E-state index >= 15 is 0 Å². The topological polar surface area (TPSA) is 46.3 Å². The van der Waals surface area contributed by atoms with Crippen molar-refractivity contribution in [2.45, 2.75) is 6.92 Å². The van der Waals surface area contributed by atoms with Gasteiger partial charge in [-0.15, -0.1) is 0 Å². The van der Waals surface area contributed by atoms with Crippen molar-refractivity contribution in [2.75, 3.05) is 13.1 Å². The third-order valence-corrected chi connectivity index (χ3v) is 2.32. The van der Waals surface area contributed by atoms with Crippen LogP contribution in [0.4, 0.5) is 8.78 Å². The highest BCUT2D eigenvalue weighted by Crippen LogP contribution is 2.14. The second kappa shape index (κ2) is 5.67. The number of benzene rings is 1. The molecule has 0 heterocycles. The van der Waals surface area contributed by atoms with Crippen molar-refractivity contribution < 1.29 is 13.6 Å². The summed E-state index contributed by atoms with van der Waals surface area (Å²) in [6.45, 7) is 1.94. The van der Waals surface area contributed by atoms with E-state index in [0.717, 1.165) is 12.1 Å². The van der Waals surface area contributed by atoms with Crippen LogP contribution in [0.3, 0.4) is 0 Å². The predicted molar refractivity (Wildman–Crippen MR) is 64.7 cm³/mol. The monoisotopic (exact) mass is 258 g/mol. The van der Waals surface area contributed by atoms with Crippen LogP contribution >= 0.6 is 12.2 Å².